The topological polar surface area (TPSA) is 64.3 Å². The maximum atomic E-state index is 6.02. The Bertz CT molecular complexity index is 737. The number of aromatic nitrogens is 2. The molecule has 1 saturated heterocycles. The van der Waals surface area contributed by atoms with Gasteiger partial charge in [-0.25, -0.2) is 9.97 Å². The molecule has 2 aromatic rings. The minimum atomic E-state index is 0.162. The first-order valence-electron chi connectivity index (χ1n) is 9.57. The van der Waals surface area contributed by atoms with E-state index in [2.05, 4.69) is 66.8 Å². The van der Waals surface area contributed by atoms with E-state index in [-0.39, 0.29) is 6.10 Å². The van der Waals surface area contributed by atoms with Crippen LogP contribution in [0.4, 0.5) is 5.82 Å². The lowest BCUT2D eigenvalue weighted by atomic mass is 9.98. The molecule has 3 rings (SSSR count). The molecule has 0 bridgehead atoms. The molecule has 0 unspecified atom stereocenters. The van der Waals surface area contributed by atoms with Gasteiger partial charge >= 0.3 is 0 Å². The summed E-state index contributed by atoms with van der Waals surface area (Å²) >= 11 is 0. The fourth-order valence-corrected chi connectivity index (χ4v) is 3.33. The third-order valence-electron chi connectivity index (χ3n) is 4.81. The maximum absolute atomic E-state index is 6.02. The van der Waals surface area contributed by atoms with Crippen LogP contribution in [0.2, 0.25) is 0 Å². The van der Waals surface area contributed by atoms with Crippen LogP contribution in [0.3, 0.4) is 0 Å². The molecule has 1 aromatic heterocycles. The van der Waals surface area contributed by atoms with E-state index in [0.717, 1.165) is 48.8 Å². The predicted molar refractivity (Wildman–Crippen MR) is 107 cm³/mol. The molecule has 0 aliphatic carbocycles. The second-order valence-corrected chi connectivity index (χ2v) is 7.66. The summed E-state index contributed by atoms with van der Waals surface area (Å²) in [7, 11) is 0. The molecule has 26 heavy (non-hydrogen) atoms. The van der Waals surface area contributed by atoms with E-state index in [9.17, 15) is 0 Å². The Labute approximate surface area is 156 Å². The van der Waals surface area contributed by atoms with Gasteiger partial charge in [0.25, 0.3) is 0 Å². The lowest BCUT2D eigenvalue weighted by Crippen LogP contribution is -2.40. The van der Waals surface area contributed by atoms with Crippen molar-refractivity contribution in [2.24, 2.45) is 5.73 Å². The van der Waals surface area contributed by atoms with E-state index in [1.54, 1.807) is 6.33 Å². The van der Waals surface area contributed by atoms with Gasteiger partial charge in [-0.15, -0.1) is 0 Å². The summed E-state index contributed by atoms with van der Waals surface area (Å²) in [6.07, 6.45) is 3.85. The van der Waals surface area contributed by atoms with Crippen molar-refractivity contribution >= 4 is 5.82 Å². The van der Waals surface area contributed by atoms with Crippen molar-refractivity contribution in [2.75, 3.05) is 18.0 Å². The van der Waals surface area contributed by atoms with Crippen LogP contribution in [-0.4, -0.2) is 35.2 Å². The molecule has 1 fully saturated rings. The number of ether oxygens (including phenoxy) is 1. The highest BCUT2D eigenvalue weighted by molar-refractivity contribution is 5.65. The van der Waals surface area contributed by atoms with Gasteiger partial charge in [0, 0.05) is 30.8 Å². The van der Waals surface area contributed by atoms with Crippen LogP contribution < -0.4 is 15.4 Å². The van der Waals surface area contributed by atoms with Crippen LogP contribution >= 0.6 is 0 Å². The van der Waals surface area contributed by atoms with Gasteiger partial charge in [0.1, 0.15) is 17.9 Å². The normalized spacial score (nSPS) is 15.7. The Hall–Kier alpha value is -2.14. The van der Waals surface area contributed by atoms with Crippen molar-refractivity contribution in [1.29, 1.82) is 0 Å². The van der Waals surface area contributed by atoms with Gasteiger partial charge in [0.15, 0.2) is 0 Å². The first-order chi connectivity index (χ1) is 12.4. The van der Waals surface area contributed by atoms with Gasteiger partial charge in [-0.2, -0.15) is 0 Å². The number of hydrogen-bond acceptors (Lipinski definition) is 5. The third kappa shape index (κ3) is 4.33. The zero-order chi connectivity index (χ0) is 18.7. The highest BCUT2D eigenvalue weighted by atomic mass is 16.5. The molecule has 5 nitrogen and oxygen atoms in total. The second kappa shape index (κ2) is 8.04. The van der Waals surface area contributed by atoms with Gasteiger partial charge in [-0.1, -0.05) is 13.8 Å². The Kier molecular flexibility index (Phi) is 5.77. The Morgan fingerprint density at radius 3 is 2.46 bits per heavy atom. The molecule has 5 heteroatoms. The monoisotopic (exact) mass is 354 g/mol. The van der Waals surface area contributed by atoms with E-state index in [1.807, 2.05) is 0 Å². The van der Waals surface area contributed by atoms with Crippen molar-refractivity contribution < 1.29 is 4.74 Å². The second-order valence-electron chi connectivity index (χ2n) is 7.66. The summed E-state index contributed by atoms with van der Waals surface area (Å²) in [4.78, 5) is 11.3. The Balaban J connectivity index is 1.89. The third-order valence-corrected chi connectivity index (χ3v) is 4.81. The summed E-state index contributed by atoms with van der Waals surface area (Å²) in [5, 5.41) is 0. The standard InChI is InChI=1S/C21H30N4O/c1-14(2)18-11-16(5-6-20(18)26-15(3)4)19-12-21(24-13-23-19)25-9-7-17(22)8-10-25/h5-6,11-15,17H,7-10,22H2,1-4H3. The van der Waals surface area contributed by atoms with Crippen molar-refractivity contribution in [1.82, 2.24) is 9.97 Å². The number of anilines is 1. The lowest BCUT2D eigenvalue weighted by Gasteiger charge is -2.31. The number of hydrogen-bond donors (Lipinski definition) is 1. The molecule has 1 aliphatic rings. The van der Waals surface area contributed by atoms with Crippen LogP contribution in [0.5, 0.6) is 5.75 Å². The van der Waals surface area contributed by atoms with Gasteiger partial charge in [-0.05, 0) is 56.4 Å². The summed E-state index contributed by atoms with van der Waals surface area (Å²) in [5.74, 6) is 2.32. The first kappa shape index (κ1) is 18.6. The van der Waals surface area contributed by atoms with Gasteiger partial charge in [-0.3, -0.25) is 0 Å². The lowest BCUT2D eigenvalue weighted by molar-refractivity contribution is 0.239. The summed E-state index contributed by atoms with van der Waals surface area (Å²) in [6.45, 7) is 10.4. The molecule has 1 aliphatic heterocycles. The smallest absolute Gasteiger partial charge is 0.132 e. The van der Waals surface area contributed by atoms with E-state index in [0.29, 0.717) is 12.0 Å². The van der Waals surface area contributed by atoms with Gasteiger partial charge < -0.3 is 15.4 Å². The van der Waals surface area contributed by atoms with E-state index >= 15 is 0 Å². The van der Waals surface area contributed by atoms with Crippen molar-refractivity contribution in [2.45, 2.75) is 58.6 Å². The van der Waals surface area contributed by atoms with E-state index in [1.165, 1.54) is 5.56 Å². The number of benzene rings is 1. The van der Waals surface area contributed by atoms with Gasteiger partial charge in [0.05, 0.1) is 11.8 Å². The summed E-state index contributed by atoms with van der Waals surface area (Å²) in [6, 6.07) is 8.74. The van der Waals surface area contributed by atoms with Crippen LogP contribution in [-0.2, 0) is 0 Å². The van der Waals surface area contributed by atoms with E-state index < -0.39 is 0 Å². The molecule has 0 radical (unpaired) electrons. The predicted octanol–water partition coefficient (Wildman–Crippen LogP) is 3.98. The fourth-order valence-electron chi connectivity index (χ4n) is 3.33. The molecule has 2 heterocycles. The molecule has 0 saturated carbocycles. The molecule has 1 aromatic carbocycles. The largest absolute Gasteiger partial charge is 0.491 e. The maximum Gasteiger partial charge on any atom is 0.132 e. The summed E-state index contributed by atoms with van der Waals surface area (Å²) < 4.78 is 5.97. The molecule has 0 spiro atoms. The number of rotatable bonds is 5. The highest BCUT2D eigenvalue weighted by Crippen LogP contribution is 2.32. The summed E-state index contributed by atoms with van der Waals surface area (Å²) in [5.41, 5.74) is 9.27. The van der Waals surface area contributed by atoms with Crippen LogP contribution in [0.25, 0.3) is 11.3 Å². The van der Waals surface area contributed by atoms with Crippen LogP contribution in [0, 0.1) is 0 Å². The zero-order valence-corrected chi connectivity index (χ0v) is 16.3. The first-order valence-corrected chi connectivity index (χ1v) is 9.57. The molecular formula is C21H30N4O. The number of nitrogens with two attached hydrogens (primary N) is 1. The number of piperidine rings is 1. The average molecular weight is 354 g/mol. The van der Waals surface area contributed by atoms with Crippen molar-refractivity contribution in [3.63, 3.8) is 0 Å². The molecule has 0 amide bonds. The Morgan fingerprint density at radius 1 is 1.08 bits per heavy atom. The van der Waals surface area contributed by atoms with Crippen molar-refractivity contribution in [3.8, 4) is 17.0 Å². The molecule has 2 N–H and O–H groups in total. The van der Waals surface area contributed by atoms with Crippen LogP contribution in [0.1, 0.15) is 52.0 Å². The quantitative estimate of drug-likeness (QED) is 0.880. The zero-order valence-electron chi connectivity index (χ0n) is 16.3. The molecule has 0 atom stereocenters. The minimum absolute atomic E-state index is 0.162. The number of nitrogens with zero attached hydrogens (tertiary/aromatic N) is 3. The molecular weight excluding hydrogens is 324 g/mol. The Morgan fingerprint density at radius 2 is 1.81 bits per heavy atom. The minimum Gasteiger partial charge on any atom is -0.491 e. The van der Waals surface area contributed by atoms with Gasteiger partial charge in [0.2, 0.25) is 0 Å². The van der Waals surface area contributed by atoms with Crippen LogP contribution in [0.15, 0.2) is 30.6 Å². The van der Waals surface area contributed by atoms with E-state index in [4.69, 9.17) is 10.5 Å². The fraction of sp³-hybridized carbons (Fsp3) is 0.524. The average Bonchev–Trinajstić information content (AvgIpc) is 2.62. The van der Waals surface area contributed by atoms with Crippen molar-refractivity contribution in [3.05, 3.63) is 36.2 Å². The SMILES string of the molecule is CC(C)Oc1ccc(-c2cc(N3CCC(N)CC3)ncn2)cc1C(C)C. The highest BCUT2D eigenvalue weighted by Gasteiger charge is 2.18. The molecule has 140 valence electrons.